The van der Waals surface area contributed by atoms with Gasteiger partial charge in [-0.2, -0.15) is 0 Å². The second-order valence-electron chi connectivity index (χ2n) is 6.92. The van der Waals surface area contributed by atoms with Crippen molar-refractivity contribution in [3.05, 3.63) is 101 Å². The highest BCUT2D eigenvalue weighted by molar-refractivity contribution is 5.89. The van der Waals surface area contributed by atoms with Crippen LogP contribution in [0.5, 0.6) is 11.5 Å². The Balaban J connectivity index is 1.68. The van der Waals surface area contributed by atoms with Crippen molar-refractivity contribution in [1.29, 1.82) is 0 Å². The number of nitrogens with zero attached hydrogens (tertiary/aromatic N) is 2. The summed E-state index contributed by atoms with van der Waals surface area (Å²) in [4.78, 5) is 18.1. The maximum Gasteiger partial charge on any atom is 0.265 e. The minimum Gasteiger partial charge on any atom is -0.504 e. The SMILES string of the molecule is COc1cccc(C2=C[C@@H]2c2nc3ccccc3c(=O)n2-c2ccccc2)c1O. The van der Waals surface area contributed by atoms with Crippen LogP contribution in [-0.2, 0) is 0 Å². The Bertz CT molecular complexity index is 1320. The molecular weight excluding hydrogens is 364 g/mol. The van der Waals surface area contributed by atoms with Gasteiger partial charge in [-0.1, -0.05) is 48.5 Å². The topological polar surface area (TPSA) is 64.3 Å². The molecule has 4 aromatic rings. The number of para-hydroxylation sites is 3. The number of hydrogen-bond donors (Lipinski definition) is 1. The molecule has 1 N–H and O–H groups in total. The molecule has 0 bridgehead atoms. The quantitative estimate of drug-likeness (QED) is 0.572. The van der Waals surface area contributed by atoms with Crippen LogP contribution in [0.2, 0.25) is 0 Å². The molecule has 0 aliphatic heterocycles. The van der Waals surface area contributed by atoms with Gasteiger partial charge in [-0.3, -0.25) is 9.36 Å². The zero-order valence-corrected chi connectivity index (χ0v) is 15.7. The van der Waals surface area contributed by atoms with Crippen molar-refractivity contribution in [2.24, 2.45) is 0 Å². The van der Waals surface area contributed by atoms with Gasteiger partial charge in [0.25, 0.3) is 5.56 Å². The third kappa shape index (κ3) is 2.79. The van der Waals surface area contributed by atoms with E-state index in [0.29, 0.717) is 28.0 Å². The van der Waals surface area contributed by atoms with Gasteiger partial charge in [0, 0.05) is 5.56 Å². The number of ether oxygens (including phenoxy) is 1. The lowest BCUT2D eigenvalue weighted by molar-refractivity contribution is 0.373. The number of rotatable bonds is 4. The van der Waals surface area contributed by atoms with Crippen LogP contribution in [-0.4, -0.2) is 21.8 Å². The lowest BCUT2D eigenvalue weighted by Crippen LogP contribution is -2.23. The first-order valence-electron chi connectivity index (χ1n) is 9.34. The van der Waals surface area contributed by atoms with Crippen LogP contribution in [0, 0.1) is 0 Å². The third-order valence-corrected chi connectivity index (χ3v) is 5.20. The van der Waals surface area contributed by atoms with Gasteiger partial charge >= 0.3 is 0 Å². The highest BCUT2D eigenvalue weighted by Crippen LogP contribution is 2.50. The molecule has 5 rings (SSSR count). The molecule has 0 saturated carbocycles. The third-order valence-electron chi connectivity index (χ3n) is 5.20. The fourth-order valence-electron chi connectivity index (χ4n) is 3.71. The Morgan fingerprint density at radius 2 is 1.72 bits per heavy atom. The smallest absolute Gasteiger partial charge is 0.265 e. The van der Waals surface area contributed by atoms with Gasteiger partial charge < -0.3 is 9.84 Å². The second-order valence-corrected chi connectivity index (χ2v) is 6.92. The fraction of sp³-hybridized carbons (Fsp3) is 0.0833. The molecule has 1 aromatic heterocycles. The molecule has 0 radical (unpaired) electrons. The van der Waals surface area contributed by atoms with E-state index in [2.05, 4.69) is 0 Å². The molecule has 142 valence electrons. The molecular formula is C24H18N2O3. The maximum atomic E-state index is 13.3. The van der Waals surface area contributed by atoms with Crippen molar-refractivity contribution < 1.29 is 9.84 Å². The van der Waals surface area contributed by atoms with E-state index in [-0.39, 0.29) is 17.2 Å². The van der Waals surface area contributed by atoms with E-state index < -0.39 is 0 Å². The second kappa shape index (κ2) is 6.63. The Labute approximate surface area is 167 Å². The first kappa shape index (κ1) is 17.3. The van der Waals surface area contributed by atoms with Crippen LogP contribution >= 0.6 is 0 Å². The molecule has 1 atom stereocenters. The van der Waals surface area contributed by atoms with Gasteiger partial charge in [-0.25, -0.2) is 4.98 Å². The summed E-state index contributed by atoms with van der Waals surface area (Å²) < 4.78 is 6.89. The summed E-state index contributed by atoms with van der Waals surface area (Å²) in [5, 5.41) is 11.1. The lowest BCUT2D eigenvalue weighted by atomic mass is 10.1. The van der Waals surface area contributed by atoms with Gasteiger partial charge in [0.1, 0.15) is 5.82 Å². The zero-order chi connectivity index (χ0) is 20.0. The Kier molecular flexibility index (Phi) is 3.95. The number of fused-ring (bicyclic) bond motifs is 1. The number of phenolic OH excluding ortho intramolecular Hbond substituents is 1. The summed E-state index contributed by atoms with van der Waals surface area (Å²) in [7, 11) is 1.52. The normalized spacial score (nSPS) is 15.2. The molecule has 0 unspecified atom stereocenters. The van der Waals surface area contributed by atoms with E-state index in [0.717, 1.165) is 11.3 Å². The van der Waals surface area contributed by atoms with E-state index in [1.165, 1.54) is 7.11 Å². The van der Waals surface area contributed by atoms with Crippen LogP contribution in [0.15, 0.2) is 83.7 Å². The van der Waals surface area contributed by atoms with Gasteiger partial charge in [0.15, 0.2) is 11.5 Å². The number of methoxy groups -OCH3 is 1. The molecule has 5 nitrogen and oxygen atoms in total. The molecule has 1 aliphatic rings. The first-order chi connectivity index (χ1) is 14.2. The van der Waals surface area contributed by atoms with E-state index in [1.54, 1.807) is 16.7 Å². The van der Waals surface area contributed by atoms with Crippen molar-refractivity contribution in [3.63, 3.8) is 0 Å². The van der Waals surface area contributed by atoms with Crippen LogP contribution < -0.4 is 10.3 Å². The van der Waals surface area contributed by atoms with E-state index >= 15 is 0 Å². The van der Waals surface area contributed by atoms with Crippen LogP contribution in [0.1, 0.15) is 17.3 Å². The van der Waals surface area contributed by atoms with Crippen molar-refractivity contribution in [2.75, 3.05) is 7.11 Å². The summed E-state index contributed by atoms with van der Waals surface area (Å²) in [6.07, 6.45) is 2.00. The molecule has 1 heterocycles. The minimum atomic E-state index is -0.162. The van der Waals surface area contributed by atoms with Crippen molar-refractivity contribution in [3.8, 4) is 17.2 Å². The van der Waals surface area contributed by atoms with Gasteiger partial charge in [-0.15, -0.1) is 0 Å². The van der Waals surface area contributed by atoms with E-state index in [9.17, 15) is 9.90 Å². The standard InChI is InChI=1S/C24H18N2O3/c1-29-21-13-7-11-16(22(21)27)18-14-19(18)23-25-20-12-6-5-10-17(20)24(28)26(23)15-8-3-2-4-9-15/h2-14,19,27H,1H3/t19-/m0/s1. The van der Waals surface area contributed by atoms with E-state index in [1.807, 2.05) is 66.7 Å². The Morgan fingerprint density at radius 3 is 2.52 bits per heavy atom. The molecule has 0 fully saturated rings. The number of allylic oxidation sites excluding steroid dienone is 2. The average molecular weight is 382 g/mol. The highest BCUT2D eigenvalue weighted by Gasteiger charge is 2.34. The molecule has 5 heteroatoms. The van der Waals surface area contributed by atoms with E-state index in [4.69, 9.17) is 9.72 Å². The maximum absolute atomic E-state index is 13.3. The number of aromatic nitrogens is 2. The molecule has 1 aliphatic carbocycles. The summed E-state index contributed by atoms with van der Waals surface area (Å²) in [6.45, 7) is 0. The van der Waals surface area contributed by atoms with Gasteiger partial charge in [0.2, 0.25) is 0 Å². The fourth-order valence-corrected chi connectivity index (χ4v) is 3.71. The van der Waals surface area contributed by atoms with Crippen molar-refractivity contribution in [1.82, 2.24) is 9.55 Å². The van der Waals surface area contributed by atoms with Gasteiger partial charge in [-0.05, 0) is 35.9 Å². The predicted octanol–water partition coefficient (Wildman–Crippen LogP) is 4.28. The number of benzene rings is 3. The largest absolute Gasteiger partial charge is 0.504 e. The summed E-state index contributed by atoms with van der Waals surface area (Å²) >= 11 is 0. The molecule has 0 saturated heterocycles. The number of hydrogen-bond acceptors (Lipinski definition) is 4. The minimum absolute atomic E-state index is 0.0955. The molecule has 3 aromatic carbocycles. The van der Waals surface area contributed by atoms with Crippen molar-refractivity contribution in [2.45, 2.75) is 5.92 Å². The van der Waals surface area contributed by atoms with Crippen molar-refractivity contribution >= 4 is 16.5 Å². The molecule has 29 heavy (non-hydrogen) atoms. The molecule has 0 spiro atoms. The van der Waals surface area contributed by atoms with Gasteiger partial charge in [0.05, 0.1) is 29.6 Å². The monoisotopic (exact) mass is 382 g/mol. The Morgan fingerprint density at radius 1 is 0.966 bits per heavy atom. The highest BCUT2D eigenvalue weighted by atomic mass is 16.5. The summed E-state index contributed by atoms with van der Waals surface area (Å²) in [5.41, 5.74) is 2.94. The molecule has 0 amide bonds. The summed E-state index contributed by atoms with van der Waals surface area (Å²) in [6, 6.07) is 22.3. The first-order valence-corrected chi connectivity index (χ1v) is 9.34. The lowest BCUT2D eigenvalue weighted by Gasteiger charge is -2.14. The van der Waals surface area contributed by atoms with Crippen LogP contribution in [0.25, 0.3) is 22.2 Å². The number of phenols is 1. The Hall–Kier alpha value is -3.86. The van der Waals surface area contributed by atoms with Crippen LogP contribution in [0.4, 0.5) is 0 Å². The average Bonchev–Trinajstić information content (AvgIpc) is 3.55. The van der Waals surface area contributed by atoms with Crippen LogP contribution in [0.3, 0.4) is 0 Å². The zero-order valence-electron chi connectivity index (χ0n) is 15.7. The number of aromatic hydroxyl groups is 1. The summed E-state index contributed by atoms with van der Waals surface area (Å²) in [5.74, 6) is 0.988. The predicted molar refractivity (Wildman–Crippen MR) is 113 cm³/mol.